The van der Waals surface area contributed by atoms with Gasteiger partial charge in [0.15, 0.2) is 0 Å². The smallest absolute Gasteiger partial charge is 0.145 e. The zero-order valence-electron chi connectivity index (χ0n) is 35.3. The molecule has 2 nitrogen and oxygen atoms in total. The number of hydrogen-bond donors (Lipinski definition) is 0. The van der Waals surface area contributed by atoms with Crippen molar-refractivity contribution >= 4 is 92.1 Å². The van der Waals surface area contributed by atoms with E-state index in [1.165, 1.54) is 64.0 Å². The first kappa shape index (κ1) is 37.3. The number of thiophene rings is 1. The van der Waals surface area contributed by atoms with Gasteiger partial charge in [-0.2, -0.15) is 0 Å². The predicted octanol–water partition coefficient (Wildman–Crippen LogP) is 18.4. The van der Waals surface area contributed by atoms with Crippen molar-refractivity contribution in [3.8, 4) is 44.5 Å². The van der Waals surface area contributed by atoms with Crippen LogP contribution in [0.3, 0.4) is 0 Å². The van der Waals surface area contributed by atoms with Crippen molar-refractivity contribution in [2.24, 2.45) is 0 Å². The fourth-order valence-electron chi connectivity index (χ4n) is 9.83. The molecule has 0 amide bonds. The molecule has 0 atom stereocenters. The molecule has 0 unspecified atom stereocenters. The molecule has 304 valence electrons. The van der Waals surface area contributed by atoms with Crippen LogP contribution < -0.4 is 4.90 Å². The third kappa shape index (κ3) is 6.39. The number of fused-ring (bicyclic) bond motifs is 9. The fraction of sp³-hybridized carbons (Fsp3) is 0. The average molecular weight is 846 g/mol. The summed E-state index contributed by atoms with van der Waals surface area (Å²) in [5, 5.41) is 9.73. The minimum atomic E-state index is 0.860. The summed E-state index contributed by atoms with van der Waals surface area (Å²) in [5.74, 6) is 0. The lowest BCUT2D eigenvalue weighted by molar-refractivity contribution is 0.670. The molecule has 2 aromatic heterocycles. The summed E-state index contributed by atoms with van der Waals surface area (Å²) in [7, 11) is 0. The Morgan fingerprint density at radius 3 is 1.58 bits per heavy atom. The molecular weight excluding hydrogens is 807 g/mol. The molecule has 11 aromatic carbocycles. The van der Waals surface area contributed by atoms with Crippen LogP contribution in [0.4, 0.5) is 17.1 Å². The highest BCUT2D eigenvalue weighted by Gasteiger charge is 2.23. The Morgan fingerprint density at radius 2 is 0.846 bits per heavy atom. The zero-order valence-corrected chi connectivity index (χ0v) is 36.1. The normalized spacial score (nSPS) is 11.7. The van der Waals surface area contributed by atoms with Gasteiger partial charge in [-0.05, 0) is 121 Å². The minimum absolute atomic E-state index is 0.860. The van der Waals surface area contributed by atoms with Crippen molar-refractivity contribution < 1.29 is 4.42 Å². The molecule has 0 N–H and O–H groups in total. The van der Waals surface area contributed by atoms with Gasteiger partial charge in [-0.3, -0.25) is 0 Å². The van der Waals surface area contributed by atoms with E-state index < -0.39 is 0 Å². The van der Waals surface area contributed by atoms with Gasteiger partial charge in [-0.1, -0.05) is 176 Å². The van der Waals surface area contributed by atoms with Crippen LogP contribution >= 0.6 is 11.3 Å². The fourth-order valence-corrected chi connectivity index (χ4v) is 11.0. The number of furan rings is 1. The summed E-state index contributed by atoms with van der Waals surface area (Å²) in [6, 6.07) is 85.9. The second kappa shape index (κ2) is 15.2. The molecule has 0 saturated carbocycles. The van der Waals surface area contributed by atoms with E-state index in [1.807, 2.05) is 11.3 Å². The standard InChI is InChI=1S/C62H39NOS/c1-4-12-40(13-5-1)47-27-32-55-58(37-47)64-62-52(43-16-8-3-9-17-43)34-35-57(61(55)62)63(50-30-33-54-53-31-26-48(41-14-6-2-7-15-41)38-59(53)65-60(54)39-50)49-28-24-42(25-29-49)46-23-22-45-21-20-44-18-10-11-19-51(44)56(45)36-46/h1-39H. The Hall–Kier alpha value is -8.24. The van der Waals surface area contributed by atoms with Crippen molar-refractivity contribution in [1.82, 2.24) is 0 Å². The van der Waals surface area contributed by atoms with E-state index in [1.54, 1.807) is 0 Å². The van der Waals surface area contributed by atoms with Gasteiger partial charge in [0.1, 0.15) is 11.2 Å². The van der Waals surface area contributed by atoms with Crippen LogP contribution in [0.5, 0.6) is 0 Å². The Labute approximate surface area is 380 Å². The van der Waals surface area contributed by atoms with Gasteiger partial charge in [0.25, 0.3) is 0 Å². The SMILES string of the molecule is c1ccc(-c2ccc3c(c2)oc2c(-c4ccccc4)ccc(N(c4ccc(-c5ccc6ccc7ccccc7c6c5)cc4)c4ccc5c(c4)sc4cc(-c6ccccc6)ccc45)c23)cc1. The van der Waals surface area contributed by atoms with E-state index >= 15 is 0 Å². The van der Waals surface area contributed by atoms with Crippen molar-refractivity contribution in [2.75, 3.05) is 4.90 Å². The van der Waals surface area contributed by atoms with Gasteiger partial charge < -0.3 is 9.32 Å². The van der Waals surface area contributed by atoms with Crippen LogP contribution in [0.2, 0.25) is 0 Å². The van der Waals surface area contributed by atoms with Gasteiger partial charge in [0, 0.05) is 42.5 Å². The lowest BCUT2D eigenvalue weighted by Gasteiger charge is -2.27. The van der Waals surface area contributed by atoms with E-state index in [9.17, 15) is 0 Å². The molecule has 0 spiro atoms. The molecule has 0 saturated heterocycles. The predicted molar refractivity (Wildman–Crippen MR) is 278 cm³/mol. The second-order valence-electron chi connectivity index (χ2n) is 16.8. The molecule has 0 fully saturated rings. The molecule has 13 rings (SSSR count). The Kier molecular flexibility index (Phi) is 8.75. The summed E-state index contributed by atoms with van der Waals surface area (Å²) in [5.41, 5.74) is 14.2. The van der Waals surface area contributed by atoms with Crippen LogP contribution in [0.1, 0.15) is 0 Å². The maximum absolute atomic E-state index is 7.04. The van der Waals surface area contributed by atoms with Gasteiger partial charge in [0.05, 0.1) is 11.1 Å². The van der Waals surface area contributed by atoms with Gasteiger partial charge >= 0.3 is 0 Å². The summed E-state index contributed by atoms with van der Waals surface area (Å²) < 4.78 is 9.56. The molecule has 0 radical (unpaired) electrons. The molecule has 0 aliphatic rings. The highest BCUT2D eigenvalue weighted by atomic mass is 32.1. The Morgan fingerprint density at radius 1 is 0.323 bits per heavy atom. The van der Waals surface area contributed by atoms with Gasteiger partial charge in [0.2, 0.25) is 0 Å². The topological polar surface area (TPSA) is 16.4 Å². The van der Waals surface area contributed by atoms with E-state index in [0.717, 1.165) is 61.3 Å². The monoisotopic (exact) mass is 845 g/mol. The largest absolute Gasteiger partial charge is 0.455 e. The average Bonchev–Trinajstić information content (AvgIpc) is 3.95. The van der Waals surface area contributed by atoms with Gasteiger partial charge in [-0.25, -0.2) is 0 Å². The summed E-state index contributed by atoms with van der Waals surface area (Å²) in [6.07, 6.45) is 0. The van der Waals surface area contributed by atoms with Crippen molar-refractivity contribution in [1.29, 1.82) is 0 Å². The maximum atomic E-state index is 7.04. The molecule has 3 heteroatoms. The van der Waals surface area contributed by atoms with E-state index in [0.29, 0.717) is 0 Å². The van der Waals surface area contributed by atoms with Crippen molar-refractivity contribution in [2.45, 2.75) is 0 Å². The molecule has 0 bridgehead atoms. The quantitative estimate of drug-likeness (QED) is 0.149. The summed E-state index contributed by atoms with van der Waals surface area (Å²) in [6.45, 7) is 0. The third-order valence-corrected chi connectivity index (χ3v) is 14.2. The summed E-state index contributed by atoms with van der Waals surface area (Å²) >= 11 is 1.86. The van der Waals surface area contributed by atoms with Crippen molar-refractivity contribution in [3.63, 3.8) is 0 Å². The van der Waals surface area contributed by atoms with Crippen LogP contribution in [0.25, 0.3) is 108 Å². The van der Waals surface area contributed by atoms with Crippen molar-refractivity contribution in [3.05, 3.63) is 237 Å². The zero-order chi connectivity index (χ0) is 42.8. The number of benzene rings is 11. The molecule has 65 heavy (non-hydrogen) atoms. The summed E-state index contributed by atoms with van der Waals surface area (Å²) in [4.78, 5) is 2.42. The van der Waals surface area contributed by atoms with E-state index in [2.05, 4.69) is 241 Å². The number of anilines is 3. The highest BCUT2D eigenvalue weighted by Crippen LogP contribution is 2.48. The molecular formula is C62H39NOS. The Balaban J connectivity index is 1.01. The first-order valence-electron chi connectivity index (χ1n) is 22.1. The first-order valence-corrected chi connectivity index (χ1v) is 23.0. The van der Waals surface area contributed by atoms with Crippen LogP contribution in [-0.2, 0) is 0 Å². The molecule has 0 aliphatic heterocycles. The maximum Gasteiger partial charge on any atom is 0.145 e. The molecule has 0 aliphatic carbocycles. The molecule has 13 aromatic rings. The van der Waals surface area contributed by atoms with E-state index in [4.69, 9.17) is 4.42 Å². The van der Waals surface area contributed by atoms with Crippen LogP contribution in [0, 0.1) is 0 Å². The Bertz CT molecular complexity index is 3920. The highest BCUT2D eigenvalue weighted by molar-refractivity contribution is 7.25. The number of hydrogen-bond acceptors (Lipinski definition) is 3. The minimum Gasteiger partial charge on any atom is -0.455 e. The van der Waals surface area contributed by atoms with E-state index in [-0.39, 0.29) is 0 Å². The third-order valence-electron chi connectivity index (χ3n) is 13.1. The number of rotatable bonds is 7. The first-order chi connectivity index (χ1) is 32.2. The van der Waals surface area contributed by atoms with Gasteiger partial charge in [-0.15, -0.1) is 11.3 Å². The lowest BCUT2D eigenvalue weighted by Crippen LogP contribution is -2.10. The lowest BCUT2D eigenvalue weighted by atomic mass is 9.96. The molecule has 2 heterocycles. The van der Waals surface area contributed by atoms with Crippen LogP contribution in [-0.4, -0.2) is 0 Å². The van der Waals surface area contributed by atoms with Crippen LogP contribution in [0.15, 0.2) is 241 Å². The number of nitrogens with zero attached hydrogens (tertiary/aromatic N) is 1. The second-order valence-corrected chi connectivity index (χ2v) is 17.9.